The van der Waals surface area contributed by atoms with E-state index < -0.39 is 0 Å². The van der Waals surface area contributed by atoms with Crippen molar-refractivity contribution in [2.45, 2.75) is 26.4 Å². The topological polar surface area (TPSA) is 49.6 Å². The number of pyridine rings is 1. The highest BCUT2D eigenvalue weighted by Crippen LogP contribution is 2.20. The van der Waals surface area contributed by atoms with Crippen LogP contribution in [0.25, 0.3) is 5.65 Å². The molecule has 0 radical (unpaired) electrons. The van der Waals surface area contributed by atoms with Crippen LogP contribution in [0.5, 0.6) is 0 Å². The normalized spacial score (nSPS) is 12.5. The Bertz CT molecular complexity index is 898. The quantitative estimate of drug-likeness (QED) is 0.779. The van der Waals surface area contributed by atoms with Gasteiger partial charge in [-0.2, -0.15) is 0 Å². The number of imidazole rings is 1. The first-order chi connectivity index (χ1) is 12.0. The van der Waals surface area contributed by atoms with Gasteiger partial charge in [0, 0.05) is 6.20 Å². The van der Waals surface area contributed by atoms with E-state index in [0.29, 0.717) is 6.54 Å². The monoisotopic (exact) mass is 336 g/mol. The summed E-state index contributed by atoms with van der Waals surface area (Å²) < 4.78 is 2.02. The van der Waals surface area contributed by atoms with Crippen molar-refractivity contribution in [1.29, 1.82) is 0 Å². The summed E-state index contributed by atoms with van der Waals surface area (Å²) in [5.41, 5.74) is 5.15. The Hall–Kier alpha value is -2.66. The fourth-order valence-electron chi connectivity index (χ4n) is 3.13. The van der Waals surface area contributed by atoms with Crippen LogP contribution in [0.15, 0.2) is 48.8 Å². The number of rotatable bonds is 5. The Labute approximate surface area is 148 Å². The zero-order valence-electron chi connectivity index (χ0n) is 15.2. The average Bonchev–Trinajstić information content (AvgIpc) is 2.97. The summed E-state index contributed by atoms with van der Waals surface area (Å²) in [4.78, 5) is 19.2. The Balaban J connectivity index is 1.79. The average molecular weight is 336 g/mol. The fourth-order valence-corrected chi connectivity index (χ4v) is 3.13. The predicted molar refractivity (Wildman–Crippen MR) is 99.4 cm³/mol. The maximum atomic E-state index is 12.8. The highest BCUT2D eigenvalue weighted by molar-refractivity contribution is 5.83. The molecule has 1 unspecified atom stereocenters. The molecule has 0 saturated heterocycles. The van der Waals surface area contributed by atoms with Crippen molar-refractivity contribution in [3.63, 3.8) is 0 Å². The number of hydrogen-bond acceptors (Lipinski definition) is 3. The number of nitrogens with one attached hydrogen (secondary N) is 1. The van der Waals surface area contributed by atoms with E-state index in [-0.39, 0.29) is 11.9 Å². The molecule has 1 N–H and O–H groups in total. The number of nitrogens with zero attached hydrogens (tertiary/aromatic N) is 3. The summed E-state index contributed by atoms with van der Waals surface area (Å²) in [5, 5.41) is 3.05. The van der Waals surface area contributed by atoms with Crippen LogP contribution in [0.1, 0.15) is 28.4 Å². The first-order valence-electron chi connectivity index (χ1n) is 8.39. The summed E-state index contributed by atoms with van der Waals surface area (Å²) in [5.74, 6) is -0.0156. The van der Waals surface area contributed by atoms with Crippen LogP contribution in [0.4, 0.5) is 0 Å². The molecule has 3 rings (SSSR count). The van der Waals surface area contributed by atoms with E-state index in [4.69, 9.17) is 0 Å². The number of carbonyl (C=O) groups is 1. The second kappa shape index (κ2) is 7.07. The van der Waals surface area contributed by atoms with E-state index in [1.807, 2.05) is 80.0 Å². The van der Waals surface area contributed by atoms with Gasteiger partial charge < -0.3 is 9.72 Å². The number of carbonyl (C=O) groups excluding carboxylic acids is 1. The van der Waals surface area contributed by atoms with E-state index in [1.54, 1.807) is 0 Å². The van der Waals surface area contributed by atoms with Gasteiger partial charge in [-0.25, -0.2) is 4.98 Å². The molecular weight excluding hydrogens is 312 g/mol. The number of fused-ring (bicyclic) bond motifs is 1. The summed E-state index contributed by atoms with van der Waals surface area (Å²) in [6.07, 6.45) is 3.79. The molecule has 0 aliphatic rings. The molecular formula is C20H24N4O. The summed E-state index contributed by atoms with van der Waals surface area (Å²) in [7, 11) is 3.84. The van der Waals surface area contributed by atoms with E-state index in [0.717, 1.165) is 28.0 Å². The molecule has 1 amide bonds. The first-order valence-corrected chi connectivity index (χ1v) is 8.39. The zero-order chi connectivity index (χ0) is 18.0. The largest absolute Gasteiger partial charge is 0.349 e. The number of benzene rings is 1. The van der Waals surface area contributed by atoms with Gasteiger partial charge in [-0.1, -0.05) is 35.9 Å². The lowest BCUT2D eigenvalue weighted by atomic mass is 10.0. The molecule has 5 heteroatoms. The lowest BCUT2D eigenvalue weighted by Gasteiger charge is -2.24. The Morgan fingerprint density at radius 2 is 2.04 bits per heavy atom. The molecule has 0 bridgehead atoms. The van der Waals surface area contributed by atoms with Gasteiger partial charge >= 0.3 is 0 Å². The van der Waals surface area contributed by atoms with Crippen LogP contribution in [-0.4, -0.2) is 34.3 Å². The van der Waals surface area contributed by atoms with Crippen molar-refractivity contribution in [2.75, 3.05) is 14.1 Å². The number of aromatic nitrogens is 2. The van der Waals surface area contributed by atoms with Gasteiger partial charge in [0.05, 0.1) is 18.4 Å². The zero-order valence-corrected chi connectivity index (χ0v) is 15.2. The van der Waals surface area contributed by atoms with Crippen LogP contribution < -0.4 is 5.32 Å². The van der Waals surface area contributed by atoms with Crippen LogP contribution in [0.3, 0.4) is 0 Å². The molecule has 1 atom stereocenters. The summed E-state index contributed by atoms with van der Waals surface area (Å²) in [6.45, 7) is 4.51. The Kier molecular flexibility index (Phi) is 4.86. The number of hydrogen-bond donors (Lipinski definition) is 1. The third kappa shape index (κ3) is 3.56. The molecule has 0 aliphatic heterocycles. The van der Waals surface area contributed by atoms with E-state index in [9.17, 15) is 4.79 Å². The van der Waals surface area contributed by atoms with E-state index in [2.05, 4.69) is 16.4 Å². The highest BCUT2D eigenvalue weighted by Gasteiger charge is 2.23. The molecule has 2 heterocycles. The molecule has 0 saturated carbocycles. The minimum absolute atomic E-state index is 0.0156. The summed E-state index contributed by atoms with van der Waals surface area (Å²) in [6, 6.07) is 11.8. The van der Waals surface area contributed by atoms with Gasteiger partial charge in [-0.15, -0.1) is 0 Å². The molecule has 1 aromatic carbocycles. The first kappa shape index (κ1) is 17.2. The van der Waals surface area contributed by atoms with Gasteiger partial charge in [-0.05, 0) is 45.1 Å². The molecule has 5 nitrogen and oxygen atoms in total. The van der Waals surface area contributed by atoms with Crippen molar-refractivity contribution in [1.82, 2.24) is 19.6 Å². The predicted octanol–water partition coefficient (Wildman–Crippen LogP) is 2.87. The molecule has 3 aromatic rings. The van der Waals surface area contributed by atoms with Crippen molar-refractivity contribution in [3.8, 4) is 0 Å². The number of amides is 1. The Morgan fingerprint density at radius 3 is 2.76 bits per heavy atom. The second-order valence-corrected chi connectivity index (χ2v) is 6.63. The SMILES string of the molecule is Cc1cccc(C(C(=O)NCc2cnc3c(C)cccn23)N(C)C)c1. The second-order valence-electron chi connectivity index (χ2n) is 6.63. The smallest absolute Gasteiger partial charge is 0.242 e. The van der Waals surface area contributed by atoms with Crippen LogP contribution in [0.2, 0.25) is 0 Å². The van der Waals surface area contributed by atoms with Gasteiger partial charge in [-0.3, -0.25) is 9.69 Å². The van der Waals surface area contributed by atoms with Crippen molar-refractivity contribution < 1.29 is 4.79 Å². The molecule has 0 spiro atoms. The molecule has 25 heavy (non-hydrogen) atoms. The van der Waals surface area contributed by atoms with Crippen molar-refractivity contribution >= 4 is 11.6 Å². The van der Waals surface area contributed by atoms with Crippen molar-refractivity contribution in [2.24, 2.45) is 0 Å². The standard InChI is InChI=1S/C20H24N4O/c1-14-7-5-9-16(11-14)18(23(3)4)20(25)22-13-17-12-21-19-15(2)8-6-10-24(17)19/h5-12,18H,13H2,1-4H3,(H,22,25). The van der Waals surface area contributed by atoms with Gasteiger partial charge in [0.15, 0.2) is 0 Å². The fraction of sp³-hybridized carbons (Fsp3) is 0.300. The lowest BCUT2D eigenvalue weighted by molar-refractivity contribution is -0.126. The molecule has 130 valence electrons. The van der Waals surface area contributed by atoms with Gasteiger partial charge in [0.2, 0.25) is 5.91 Å². The van der Waals surface area contributed by atoms with Gasteiger partial charge in [0.1, 0.15) is 11.7 Å². The maximum absolute atomic E-state index is 12.8. The highest BCUT2D eigenvalue weighted by atomic mass is 16.2. The number of likely N-dealkylation sites (N-methyl/N-ethyl adjacent to an activating group) is 1. The third-order valence-corrected chi connectivity index (χ3v) is 4.37. The van der Waals surface area contributed by atoms with Gasteiger partial charge in [0.25, 0.3) is 0 Å². The van der Waals surface area contributed by atoms with Crippen LogP contribution in [-0.2, 0) is 11.3 Å². The lowest BCUT2D eigenvalue weighted by Crippen LogP contribution is -2.37. The van der Waals surface area contributed by atoms with Crippen LogP contribution >= 0.6 is 0 Å². The van der Waals surface area contributed by atoms with Crippen LogP contribution in [0, 0.1) is 13.8 Å². The maximum Gasteiger partial charge on any atom is 0.242 e. The molecule has 2 aromatic heterocycles. The minimum Gasteiger partial charge on any atom is -0.349 e. The molecule has 0 aliphatic carbocycles. The Morgan fingerprint density at radius 1 is 1.24 bits per heavy atom. The number of aryl methyl sites for hydroxylation is 2. The van der Waals surface area contributed by atoms with E-state index >= 15 is 0 Å². The summed E-state index contributed by atoms with van der Waals surface area (Å²) >= 11 is 0. The van der Waals surface area contributed by atoms with E-state index in [1.165, 1.54) is 0 Å². The molecule has 0 fully saturated rings. The minimum atomic E-state index is -0.319. The van der Waals surface area contributed by atoms with Crippen molar-refractivity contribution in [3.05, 3.63) is 71.2 Å². The third-order valence-electron chi connectivity index (χ3n) is 4.37.